The van der Waals surface area contributed by atoms with E-state index in [0.29, 0.717) is 12.2 Å². The van der Waals surface area contributed by atoms with Crippen molar-refractivity contribution < 1.29 is 14.7 Å². The normalized spacial score (nSPS) is 22.3. The lowest BCUT2D eigenvalue weighted by Crippen LogP contribution is -2.73. The van der Waals surface area contributed by atoms with Crippen molar-refractivity contribution in [2.75, 3.05) is 19.7 Å². The van der Waals surface area contributed by atoms with Crippen molar-refractivity contribution >= 4 is 11.8 Å². The molecule has 3 atom stereocenters. The number of amides is 2. The first-order chi connectivity index (χ1) is 15.7. The van der Waals surface area contributed by atoms with E-state index in [4.69, 9.17) is 0 Å². The van der Waals surface area contributed by atoms with Crippen LogP contribution in [-0.2, 0) is 16.0 Å². The second-order valence-electron chi connectivity index (χ2n) is 8.40. The van der Waals surface area contributed by atoms with E-state index < -0.39 is 0 Å². The molecule has 2 fully saturated rings. The van der Waals surface area contributed by atoms with Gasteiger partial charge in [0.1, 0.15) is 0 Å². The third kappa shape index (κ3) is 3.67. The standard InChI is InChI=1S/C26H25N3O3/c30-17-23-26(20-11-9-19(10-12-20)18-6-2-1-3-7-18)22-15-28(16-25(32)29(22)23)24(31)14-21-8-4-5-13-27-21/h1-13,22-23,26,30H,14-17H2/t22-,23-,26-/m0/s1. The molecule has 2 saturated heterocycles. The Hall–Kier alpha value is -3.51. The Morgan fingerprint density at radius 2 is 1.69 bits per heavy atom. The zero-order valence-corrected chi connectivity index (χ0v) is 17.7. The molecule has 2 aromatic carbocycles. The number of nitrogens with zero attached hydrogens (tertiary/aromatic N) is 3. The number of hydrogen-bond donors (Lipinski definition) is 1. The van der Waals surface area contributed by atoms with Gasteiger partial charge in [0.05, 0.1) is 31.7 Å². The van der Waals surface area contributed by atoms with Crippen LogP contribution >= 0.6 is 0 Å². The molecule has 0 unspecified atom stereocenters. The van der Waals surface area contributed by atoms with E-state index in [1.807, 2.05) is 36.4 Å². The first-order valence-electron chi connectivity index (χ1n) is 10.9. The molecule has 2 aliphatic rings. The van der Waals surface area contributed by atoms with Gasteiger partial charge in [-0.05, 0) is 28.8 Å². The summed E-state index contributed by atoms with van der Waals surface area (Å²) in [4.78, 5) is 33.3. The molecule has 0 aliphatic carbocycles. The minimum Gasteiger partial charge on any atom is -0.394 e. The minimum atomic E-state index is -0.247. The Morgan fingerprint density at radius 1 is 0.969 bits per heavy atom. The highest BCUT2D eigenvalue weighted by atomic mass is 16.3. The molecule has 0 bridgehead atoms. The second kappa shape index (κ2) is 8.55. The summed E-state index contributed by atoms with van der Waals surface area (Å²) < 4.78 is 0. The van der Waals surface area contributed by atoms with Gasteiger partial charge in [0.2, 0.25) is 11.8 Å². The van der Waals surface area contributed by atoms with Gasteiger partial charge in [0.15, 0.2) is 0 Å². The number of aliphatic hydroxyl groups is 1. The maximum Gasteiger partial charge on any atom is 0.242 e. The highest BCUT2D eigenvalue weighted by Crippen LogP contribution is 2.43. The quantitative estimate of drug-likeness (QED) is 0.679. The van der Waals surface area contributed by atoms with Crippen molar-refractivity contribution in [3.8, 4) is 11.1 Å². The fourth-order valence-electron chi connectivity index (χ4n) is 4.99. The summed E-state index contributed by atoms with van der Waals surface area (Å²) in [5.74, 6) is -0.201. The predicted octanol–water partition coefficient (Wildman–Crippen LogP) is 2.49. The summed E-state index contributed by atoms with van der Waals surface area (Å²) in [6.07, 6.45) is 1.85. The third-order valence-corrected chi connectivity index (χ3v) is 6.57. The second-order valence-corrected chi connectivity index (χ2v) is 8.40. The SMILES string of the molecule is O=C(Cc1ccccn1)N1CC(=O)N2[C@@H](CO)[C@@H](c3ccc(-c4ccccc4)cc3)[C@@H]2C1. The molecule has 0 radical (unpaired) electrons. The van der Waals surface area contributed by atoms with Crippen LogP contribution in [0.2, 0.25) is 0 Å². The van der Waals surface area contributed by atoms with Crippen LogP contribution in [-0.4, -0.2) is 63.5 Å². The molecule has 32 heavy (non-hydrogen) atoms. The highest BCUT2D eigenvalue weighted by molar-refractivity contribution is 5.88. The average molecular weight is 428 g/mol. The van der Waals surface area contributed by atoms with Gasteiger partial charge in [-0.15, -0.1) is 0 Å². The van der Waals surface area contributed by atoms with Crippen molar-refractivity contribution in [2.24, 2.45) is 0 Å². The van der Waals surface area contributed by atoms with Gasteiger partial charge in [-0.1, -0.05) is 60.7 Å². The highest BCUT2D eigenvalue weighted by Gasteiger charge is 2.54. The van der Waals surface area contributed by atoms with E-state index in [1.165, 1.54) is 0 Å². The molecular formula is C26H25N3O3. The zero-order chi connectivity index (χ0) is 22.1. The van der Waals surface area contributed by atoms with Crippen LogP contribution in [0.5, 0.6) is 0 Å². The summed E-state index contributed by atoms with van der Waals surface area (Å²) in [7, 11) is 0. The molecule has 1 aromatic heterocycles. The van der Waals surface area contributed by atoms with Gasteiger partial charge >= 0.3 is 0 Å². The van der Waals surface area contributed by atoms with Crippen molar-refractivity contribution in [1.29, 1.82) is 0 Å². The van der Waals surface area contributed by atoms with E-state index in [2.05, 4.69) is 41.4 Å². The lowest BCUT2D eigenvalue weighted by atomic mass is 9.73. The van der Waals surface area contributed by atoms with E-state index in [0.717, 1.165) is 16.7 Å². The molecular weight excluding hydrogens is 402 g/mol. The average Bonchev–Trinajstić information content (AvgIpc) is 2.82. The Kier molecular flexibility index (Phi) is 5.45. The van der Waals surface area contributed by atoms with E-state index >= 15 is 0 Å². The molecule has 6 nitrogen and oxygen atoms in total. The van der Waals surface area contributed by atoms with Crippen LogP contribution in [0.1, 0.15) is 17.2 Å². The number of pyridine rings is 1. The first-order valence-corrected chi connectivity index (χ1v) is 10.9. The van der Waals surface area contributed by atoms with Gasteiger partial charge in [0, 0.05) is 24.4 Å². The number of carbonyl (C=O) groups is 2. The lowest BCUT2D eigenvalue weighted by Gasteiger charge is -2.58. The molecule has 3 aromatic rings. The van der Waals surface area contributed by atoms with Crippen molar-refractivity contribution in [1.82, 2.24) is 14.8 Å². The first kappa shape index (κ1) is 20.4. The van der Waals surface area contributed by atoms with E-state index in [1.54, 1.807) is 16.0 Å². The number of aromatic nitrogens is 1. The lowest BCUT2D eigenvalue weighted by molar-refractivity contribution is -0.166. The van der Waals surface area contributed by atoms with Gasteiger partial charge in [0.25, 0.3) is 0 Å². The monoisotopic (exact) mass is 427 g/mol. The van der Waals surface area contributed by atoms with Crippen LogP contribution in [0.4, 0.5) is 0 Å². The van der Waals surface area contributed by atoms with Crippen molar-refractivity contribution in [2.45, 2.75) is 24.4 Å². The number of hydrogen-bond acceptors (Lipinski definition) is 4. The van der Waals surface area contributed by atoms with Gasteiger partial charge in [-0.3, -0.25) is 14.6 Å². The predicted molar refractivity (Wildman–Crippen MR) is 121 cm³/mol. The number of piperazine rings is 1. The number of benzene rings is 2. The van der Waals surface area contributed by atoms with Crippen LogP contribution in [0.15, 0.2) is 79.0 Å². The molecule has 5 rings (SSSR count). The molecule has 6 heteroatoms. The summed E-state index contributed by atoms with van der Waals surface area (Å²) in [6, 6.07) is 23.6. The summed E-state index contributed by atoms with van der Waals surface area (Å²) >= 11 is 0. The number of aliphatic hydroxyl groups excluding tert-OH is 1. The maximum atomic E-state index is 12.9. The topological polar surface area (TPSA) is 73.7 Å². The van der Waals surface area contributed by atoms with Gasteiger partial charge < -0.3 is 14.9 Å². The summed E-state index contributed by atoms with van der Waals surface area (Å²) in [5, 5.41) is 9.99. The number of carbonyl (C=O) groups excluding carboxylic acids is 2. The minimum absolute atomic E-state index is 0.000719. The fraction of sp³-hybridized carbons (Fsp3) is 0.269. The zero-order valence-electron chi connectivity index (χ0n) is 17.7. The summed E-state index contributed by atoms with van der Waals surface area (Å²) in [6.45, 7) is 0.437. The Balaban J connectivity index is 1.34. The molecule has 0 saturated carbocycles. The molecule has 3 heterocycles. The van der Waals surface area contributed by atoms with Crippen LogP contribution in [0.3, 0.4) is 0 Å². The number of rotatable bonds is 5. The molecule has 2 amide bonds. The Bertz CT molecular complexity index is 1100. The Labute approximate surface area is 187 Å². The Morgan fingerprint density at radius 3 is 2.38 bits per heavy atom. The molecule has 1 N–H and O–H groups in total. The molecule has 2 aliphatic heterocycles. The summed E-state index contributed by atoms with van der Waals surface area (Å²) in [5.41, 5.74) is 4.05. The third-order valence-electron chi connectivity index (χ3n) is 6.57. The molecule has 162 valence electrons. The van der Waals surface area contributed by atoms with Gasteiger partial charge in [-0.2, -0.15) is 0 Å². The smallest absolute Gasteiger partial charge is 0.242 e. The van der Waals surface area contributed by atoms with Crippen LogP contribution in [0.25, 0.3) is 11.1 Å². The number of fused-ring (bicyclic) bond motifs is 1. The fourth-order valence-corrected chi connectivity index (χ4v) is 4.99. The van der Waals surface area contributed by atoms with E-state index in [-0.39, 0.29) is 49.4 Å². The van der Waals surface area contributed by atoms with Crippen LogP contribution in [0, 0.1) is 0 Å². The van der Waals surface area contributed by atoms with Gasteiger partial charge in [-0.25, -0.2) is 0 Å². The van der Waals surface area contributed by atoms with Crippen LogP contribution < -0.4 is 0 Å². The van der Waals surface area contributed by atoms with E-state index in [9.17, 15) is 14.7 Å². The maximum absolute atomic E-state index is 12.9. The van der Waals surface area contributed by atoms with Crippen molar-refractivity contribution in [3.63, 3.8) is 0 Å². The molecule has 0 spiro atoms. The largest absolute Gasteiger partial charge is 0.394 e. The van der Waals surface area contributed by atoms with Crippen molar-refractivity contribution in [3.05, 3.63) is 90.3 Å².